The number of nitrogens with zero attached hydrogens (tertiary/aromatic N) is 1. The quantitative estimate of drug-likeness (QED) is 0.733. The number of primary amides is 1. The zero-order valence-corrected chi connectivity index (χ0v) is 9.53. The van der Waals surface area contributed by atoms with Crippen molar-refractivity contribution in [2.24, 2.45) is 5.73 Å². The number of hydrogen-bond donors (Lipinski definition) is 3. The van der Waals surface area contributed by atoms with Gasteiger partial charge in [0.05, 0.1) is 5.69 Å². The van der Waals surface area contributed by atoms with Gasteiger partial charge in [0.25, 0.3) is 0 Å². The maximum atomic E-state index is 13.3. The first-order valence-corrected chi connectivity index (χ1v) is 5.01. The summed E-state index contributed by atoms with van der Waals surface area (Å²) in [4.78, 5) is 21.9. The average molecular weight is 250 g/mol. The van der Waals surface area contributed by atoms with Crippen molar-refractivity contribution in [2.75, 3.05) is 5.32 Å². The van der Waals surface area contributed by atoms with E-state index in [1.54, 1.807) is 6.07 Å². The zero-order valence-electron chi connectivity index (χ0n) is 9.53. The number of nitriles is 1. The van der Waals surface area contributed by atoms with Crippen LogP contribution in [0.2, 0.25) is 0 Å². The Balaban J connectivity index is 2.86. The molecule has 18 heavy (non-hydrogen) atoms. The van der Waals surface area contributed by atoms with E-state index in [9.17, 15) is 14.0 Å². The normalized spacial score (nSPS) is 11.2. The summed E-state index contributed by atoms with van der Waals surface area (Å²) < 4.78 is 13.3. The van der Waals surface area contributed by atoms with E-state index < -0.39 is 23.8 Å². The maximum Gasteiger partial charge on any atom is 0.318 e. The van der Waals surface area contributed by atoms with Gasteiger partial charge in [-0.3, -0.25) is 10.1 Å². The minimum absolute atomic E-state index is 0.171. The summed E-state index contributed by atoms with van der Waals surface area (Å²) in [5.41, 5.74) is 4.77. The van der Waals surface area contributed by atoms with E-state index in [4.69, 9.17) is 11.0 Å². The van der Waals surface area contributed by atoms with Crippen LogP contribution in [0.25, 0.3) is 0 Å². The number of nitrogens with two attached hydrogens (primary N) is 1. The summed E-state index contributed by atoms with van der Waals surface area (Å²) in [5.74, 6) is -1.36. The van der Waals surface area contributed by atoms with Gasteiger partial charge < -0.3 is 11.1 Å². The SMILES string of the molecule is CC(Nc1cccc(F)c1C#N)C(=O)NC(N)=O. The van der Waals surface area contributed by atoms with Gasteiger partial charge in [-0.2, -0.15) is 5.26 Å². The van der Waals surface area contributed by atoms with Crippen molar-refractivity contribution in [3.63, 3.8) is 0 Å². The second-order valence-electron chi connectivity index (χ2n) is 3.49. The summed E-state index contributed by atoms with van der Waals surface area (Å²) in [7, 11) is 0. The molecule has 6 nitrogen and oxygen atoms in total. The molecule has 3 amide bonds. The highest BCUT2D eigenvalue weighted by atomic mass is 19.1. The molecule has 0 saturated heterocycles. The van der Waals surface area contributed by atoms with Crippen molar-refractivity contribution < 1.29 is 14.0 Å². The van der Waals surface area contributed by atoms with Crippen LogP contribution in [0.5, 0.6) is 0 Å². The minimum Gasteiger partial charge on any atom is -0.373 e. The molecule has 0 aromatic heterocycles. The molecule has 1 atom stereocenters. The van der Waals surface area contributed by atoms with Crippen molar-refractivity contribution >= 4 is 17.6 Å². The number of rotatable bonds is 3. The fraction of sp³-hybridized carbons (Fsp3) is 0.182. The van der Waals surface area contributed by atoms with Crippen LogP contribution in [0, 0.1) is 17.1 Å². The van der Waals surface area contributed by atoms with Crippen LogP contribution in [-0.2, 0) is 4.79 Å². The van der Waals surface area contributed by atoms with E-state index in [0.29, 0.717) is 0 Å². The summed E-state index contributed by atoms with van der Waals surface area (Å²) in [6.45, 7) is 1.45. The largest absolute Gasteiger partial charge is 0.373 e. The van der Waals surface area contributed by atoms with Crippen molar-refractivity contribution in [2.45, 2.75) is 13.0 Å². The second kappa shape index (κ2) is 5.63. The standard InChI is InChI=1S/C11H11FN4O2/c1-6(10(17)16-11(14)18)15-9-4-2-3-8(12)7(9)5-13/h2-4,6,15H,1H3,(H3,14,16,17,18). The smallest absolute Gasteiger partial charge is 0.318 e. The number of carbonyl (C=O) groups excluding carboxylic acids is 2. The van der Waals surface area contributed by atoms with Gasteiger partial charge in [-0.1, -0.05) is 6.07 Å². The lowest BCUT2D eigenvalue weighted by molar-refractivity contribution is -0.120. The van der Waals surface area contributed by atoms with Gasteiger partial charge in [-0.15, -0.1) is 0 Å². The Bertz CT molecular complexity index is 524. The number of amides is 3. The van der Waals surface area contributed by atoms with Gasteiger partial charge in [-0.05, 0) is 19.1 Å². The van der Waals surface area contributed by atoms with Crippen LogP contribution in [-0.4, -0.2) is 18.0 Å². The Kier molecular flexibility index (Phi) is 4.21. The average Bonchev–Trinajstić information content (AvgIpc) is 2.28. The minimum atomic E-state index is -0.978. The fourth-order valence-electron chi connectivity index (χ4n) is 1.29. The predicted molar refractivity (Wildman–Crippen MR) is 61.9 cm³/mol. The summed E-state index contributed by atoms with van der Waals surface area (Å²) in [6, 6.07) is 3.86. The van der Waals surface area contributed by atoms with Gasteiger partial charge in [0.2, 0.25) is 5.91 Å². The third-order valence-electron chi connectivity index (χ3n) is 2.14. The maximum absolute atomic E-state index is 13.3. The molecule has 0 spiro atoms. The molecule has 0 aliphatic carbocycles. The molecule has 1 aromatic carbocycles. The van der Waals surface area contributed by atoms with Crippen LogP contribution < -0.4 is 16.4 Å². The third kappa shape index (κ3) is 3.18. The van der Waals surface area contributed by atoms with Gasteiger partial charge in [0.15, 0.2) is 0 Å². The van der Waals surface area contributed by atoms with Crippen molar-refractivity contribution in [3.05, 3.63) is 29.6 Å². The van der Waals surface area contributed by atoms with Crippen molar-refractivity contribution in [3.8, 4) is 6.07 Å². The van der Waals surface area contributed by atoms with Crippen molar-refractivity contribution in [1.82, 2.24) is 5.32 Å². The molecule has 1 unspecified atom stereocenters. The van der Waals surface area contributed by atoms with Gasteiger partial charge >= 0.3 is 6.03 Å². The Morgan fingerprint density at radius 3 is 2.72 bits per heavy atom. The summed E-state index contributed by atoms with van der Waals surface area (Å²) in [5, 5.41) is 13.3. The van der Waals surface area contributed by atoms with Crippen LogP contribution in [0.4, 0.5) is 14.9 Å². The molecule has 1 rings (SSSR count). The number of halogens is 1. The molecule has 7 heteroatoms. The molecule has 0 aliphatic heterocycles. The number of nitrogens with one attached hydrogen (secondary N) is 2. The van der Waals surface area contributed by atoms with E-state index >= 15 is 0 Å². The highest BCUT2D eigenvalue weighted by Crippen LogP contribution is 2.18. The monoisotopic (exact) mass is 250 g/mol. The van der Waals surface area contributed by atoms with Crippen LogP contribution >= 0.6 is 0 Å². The van der Waals surface area contributed by atoms with E-state index in [0.717, 1.165) is 6.07 Å². The van der Waals surface area contributed by atoms with Gasteiger partial charge in [0, 0.05) is 0 Å². The van der Waals surface area contributed by atoms with E-state index in [1.807, 2.05) is 5.32 Å². The number of hydrogen-bond acceptors (Lipinski definition) is 4. The first kappa shape index (κ1) is 13.4. The fourth-order valence-corrected chi connectivity index (χ4v) is 1.29. The summed E-state index contributed by atoms with van der Waals surface area (Å²) in [6.07, 6.45) is 0. The molecular weight excluding hydrogens is 239 g/mol. The van der Waals surface area contributed by atoms with Crippen LogP contribution in [0.15, 0.2) is 18.2 Å². The molecule has 0 heterocycles. The number of imide groups is 1. The molecule has 0 aliphatic rings. The highest BCUT2D eigenvalue weighted by molar-refractivity contribution is 5.97. The molecule has 0 saturated carbocycles. The first-order chi connectivity index (χ1) is 8.45. The van der Waals surface area contributed by atoms with Gasteiger partial charge in [-0.25, -0.2) is 9.18 Å². The topological polar surface area (TPSA) is 108 Å². The Morgan fingerprint density at radius 2 is 2.17 bits per heavy atom. The van der Waals surface area contributed by atoms with Crippen LogP contribution in [0.3, 0.4) is 0 Å². The van der Waals surface area contributed by atoms with E-state index in [2.05, 4.69) is 5.32 Å². The lowest BCUT2D eigenvalue weighted by atomic mass is 10.1. The Hall–Kier alpha value is -2.62. The zero-order chi connectivity index (χ0) is 13.7. The predicted octanol–water partition coefficient (Wildman–Crippen LogP) is 0.693. The number of anilines is 1. The molecular formula is C11H11FN4O2. The molecule has 1 aromatic rings. The van der Waals surface area contributed by atoms with E-state index in [-0.39, 0.29) is 11.3 Å². The molecule has 4 N–H and O–H groups in total. The lowest BCUT2D eigenvalue weighted by Crippen LogP contribution is -2.43. The Morgan fingerprint density at radius 1 is 1.50 bits per heavy atom. The molecule has 0 fully saturated rings. The molecule has 94 valence electrons. The molecule has 0 bridgehead atoms. The molecule has 0 radical (unpaired) electrons. The van der Waals surface area contributed by atoms with Crippen molar-refractivity contribution in [1.29, 1.82) is 5.26 Å². The number of benzene rings is 1. The van der Waals surface area contributed by atoms with Crippen LogP contribution in [0.1, 0.15) is 12.5 Å². The van der Waals surface area contributed by atoms with Gasteiger partial charge in [0.1, 0.15) is 23.5 Å². The van der Waals surface area contributed by atoms with E-state index in [1.165, 1.54) is 19.1 Å². The summed E-state index contributed by atoms with van der Waals surface area (Å²) >= 11 is 0. The third-order valence-corrected chi connectivity index (χ3v) is 2.14. The Labute approximate surface area is 103 Å². The second-order valence-corrected chi connectivity index (χ2v) is 3.49. The number of carbonyl (C=O) groups is 2. The number of urea groups is 1. The highest BCUT2D eigenvalue weighted by Gasteiger charge is 2.16. The first-order valence-electron chi connectivity index (χ1n) is 5.01. The lowest BCUT2D eigenvalue weighted by Gasteiger charge is -2.15.